The molecule has 1 aromatic carbocycles. The second kappa shape index (κ2) is 11.4. The number of nitrogens with zero attached hydrogens (tertiary/aromatic N) is 2. The first kappa shape index (κ1) is 22.7. The number of amides is 1. The van der Waals surface area contributed by atoms with Gasteiger partial charge in [0.25, 0.3) is 0 Å². The SMILES string of the molecule is Cl.Cl.Cn1c(CCCNC(=O)CCC2CCNCC2)nc2ccccc21. The molecule has 2 heterocycles. The maximum absolute atomic E-state index is 12.0. The van der Waals surface area contributed by atoms with Gasteiger partial charge in [0.15, 0.2) is 0 Å². The lowest BCUT2D eigenvalue weighted by atomic mass is 9.93. The normalized spacial score (nSPS) is 14.5. The zero-order valence-electron chi connectivity index (χ0n) is 15.4. The first-order valence-corrected chi connectivity index (χ1v) is 9.12. The molecule has 1 aromatic heterocycles. The Balaban J connectivity index is 0.00000169. The molecule has 1 aliphatic rings. The summed E-state index contributed by atoms with van der Waals surface area (Å²) in [5.41, 5.74) is 2.21. The predicted octanol–water partition coefficient (Wildman–Crippen LogP) is 3.25. The first-order chi connectivity index (χ1) is 11.7. The monoisotopic (exact) mass is 400 g/mol. The van der Waals surface area contributed by atoms with Crippen molar-refractivity contribution in [3.8, 4) is 0 Å². The number of piperidine rings is 1. The molecule has 0 radical (unpaired) electrons. The number of fused-ring (bicyclic) bond motifs is 1. The molecule has 3 rings (SSSR count). The number of imidazole rings is 1. The molecule has 1 saturated heterocycles. The van der Waals surface area contributed by atoms with E-state index in [1.807, 2.05) is 18.2 Å². The van der Waals surface area contributed by atoms with Gasteiger partial charge in [-0.1, -0.05) is 12.1 Å². The Morgan fingerprint density at radius 3 is 2.73 bits per heavy atom. The fourth-order valence-electron chi connectivity index (χ4n) is 3.49. The number of benzene rings is 1. The molecule has 26 heavy (non-hydrogen) atoms. The Morgan fingerprint density at radius 2 is 2.00 bits per heavy atom. The summed E-state index contributed by atoms with van der Waals surface area (Å²) in [5, 5.41) is 6.42. The molecule has 2 N–H and O–H groups in total. The lowest BCUT2D eigenvalue weighted by Gasteiger charge is -2.22. The smallest absolute Gasteiger partial charge is 0.220 e. The average Bonchev–Trinajstić information content (AvgIpc) is 2.94. The van der Waals surface area contributed by atoms with Crippen LogP contribution in [0.5, 0.6) is 0 Å². The minimum absolute atomic E-state index is 0. The second-order valence-electron chi connectivity index (χ2n) is 6.76. The average molecular weight is 401 g/mol. The third kappa shape index (κ3) is 6.15. The third-order valence-corrected chi connectivity index (χ3v) is 5.02. The van der Waals surface area contributed by atoms with E-state index in [-0.39, 0.29) is 30.7 Å². The van der Waals surface area contributed by atoms with Crippen molar-refractivity contribution in [1.29, 1.82) is 0 Å². The van der Waals surface area contributed by atoms with Gasteiger partial charge in [0.05, 0.1) is 11.0 Å². The third-order valence-electron chi connectivity index (χ3n) is 5.02. The molecule has 1 amide bonds. The number of aromatic nitrogens is 2. The lowest BCUT2D eigenvalue weighted by Crippen LogP contribution is -2.29. The van der Waals surface area contributed by atoms with Crippen molar-refractivity contribution in [3.05, 3.63) is 30.1 Å². The minimum atomic E-state index is 0. The molecule has 0 aliphatic carbocycles. The lowest BCUT2D eigenvalue weighted by molar-refractivity contribution is -0.121. The van der Waals surface area contributed by atoms with Crippen molar-refractivity contribution >= 4 is 41.8 Å². The summed E-state index contributed by atoms with van der Waals surface area (Å²) in [4.78, 5) is 16.6. The summed E-state index contributed by atoms with van der Waals surface area (Å²) in [5.74, 6) is 2.00. The maximum atomic E-state index is 12.0. The zero-order valence-corrected chi connectivity index (χ0v) is 17.0. The van der Waals surface area contributed by atoms with Gasteiger partial charge in [-0.15, -0.1) is 24.8 Å². The van der Waals surface area contributed by atoms with E-state index in [9.17, 15) is 4.79 Å². The maximum Gasteiger partial charge on any atom is 0.220 e. The highest BCUT2D eigenvalue weighted by Crippen LogP contribution is 2.17. The Labute approximate surface area is 168 Å². The Bertz CT molecular complexity index is 683. The van der Waals surface area contributed by atoms with Gasteiger partial charge >= 0.3 is 0 Å². The summed E-state index contributed by atoms with van der Waals surface area (Å²) >= 11 is 0. The summed E-state index contributed by atoms with van der Waals surface area (Å²) < 4.78 is 2.15. The number of hydrogen-bond acceptors (Lipinski definition) is 3. The van der Waals surface area contributed by atoms with Crippen LogP contribution in [0.3, 0.4) is 0 Å². The van der Waals surface area contributed by atoms with E-state index in [0.29, 0.717) is 6.42 Å². The Hall–Kier alpha value is -1.30. The highest BCUT2D eigenvalue weighted by molar-refractivity contribution is 5.85. The van der Waals surface area contributed by atoms with Gasteiger partial charge in [0.1, 0.15) is 5.82 Å². The molecule has 1 aliphatic heterocycles. The van der Waals surface area contributed by atoms with E-state index >= 15 is 0 Å². The van der Waals surface area contributed by atoms with Crippen molar-refractivity contribution in [2.75, 3.05) is 19.6 Å². The molecule has 0 spiro atoms. The van der Waals surface area contributed by atoms with Crippen LogP contribution in [0.15, 0.2) is 24.3 Å². The zero-order chi connectivity index (χ0) is 16.8. The van der Waals surface area contributed by atoms with Crippen molar-refractivity contribution in [1.82, 2.24) is 20.2 Å². The molecular formula is C19H30Cl2N4O. The fraction of sp³-hybridized carbons (Fsp3) is 0.579. The minimum Gasteiger partial charge on any atom is -0.356 e. The van der Waals surface area contributed by atoms with Crippen molar-refractivity contribution in [2.24, 2.45) is 13.0 Å². The van der Waals surface area contributed by atoms with Crippen LogP contribution in [0, 0.1) is 5.92 Å². The van der Waals surface area contributed by atoms with Gasteiger partial charge in [-0.25, -0.2) is 4.98 Å². The molecular weight excluding hydrogens is 371 g/mol. The van der Waals surface area contributed by atoms with E-state index in [4.69, 9.17) is 0 Å². The van der Waals surface area contributed by atoms with Gasteiger partial charge in [-0.05, 0) is 56.8 Å². The number of para-hydroxylation sites is 2. The number of hydrogen-bond donors (Lipinski definition) is 2. The molecule has 0 bridgehead atoms. The number of halogens is 2. The summed E-state index contributed by atoms with van der Waals surface area (Å²) in [6.07, 6.45) is 5.92. The molecule has 0 unspecified atom stereocenters. The highest BCUT2D eigenvalue weighted by atomic mass is 35.5. The summed E-state index contributed by atoms with van der Waals surface area (Å²) in [7, 11) is 2.06. The van der Waals surface area contributed by atoms with Crippen LogP contribution in [0.25, 0.3) is 11.0 Å². The van der Waals surface area contributed by atoms with Gasteiger partial charge in [-0.2, -0.15) is 0 Å². The summed E-state index contributed by atoms with van der Waals surface area (Å²) in [6.45, 7) is 2.93. The van der Waals surface area contributed by atoms with E-state index in [2.05, 4.69) is 33.3 Å². The molecule has 2 aromatic rings. The molecule has 5 nitrogen and oxygen atoms in total. The second-order valence-corrected chi connectivity index (χ2v) is 6.76. The molecule has 1 fully saturated rings. The summed E-state index contributed by atoms with van der Waals surface area (Å²) in [6, 6.07) is 8.19. The molecule has 0 atom stereocenters. The number of aryl methyl sites for hydroxylation is 2. The standard InChI is InChI=1S/C19H28N4O.2ClH/c1-23-17-6-3-2-5-16(17)22-18(23)7-4-12-21-19(24)9-8-15-10-13-20-14-11-15;;/h2-3,5-6,15,20H,4,7-14H2,1H3,(H,21,24);2*1H. The van der Waals surface area contributed by atoms with E-state index in [0.717, 1.165) is 56.2 Å². The van der Waals surface area contributed by atoms with Crippen LogP contribution < -0.4 is 10.6 Å². The van der Waals surface area contributed by atoms with Crippen LogP contribution in [-0.4, -0.2) is 35.1 Å². The van der Waals surface area contributed by atoms with Crippen LogP contribution >= 0.6 is 24.8 Å². The highest BCUT2D eigenvalue weighted by Gasteiger charge is 2.14. The van der Waals surface area contributed by atoms with Crippen molar-refractivity contribution in [3.63, 3.8) is 0 Å². The quantitative estimate of drug-likeness (QED) is 0.701. The molecule has 146 valence electrons. The largest absolute Gasteiger partial charge is 0.356 e. The van der Waals surface area contributed by atoms with E-state index < -0.39 is 0 Å². The molecule has 0 saturated carbocycles. The fourth-order valence-corrected chi connectivity index (χ4v) is 3.49. The van der Waals surface area contributed by atoms with Crippen LogP contribution in [-0.2, 0) is 18.3 Å². The van der Waals surface area contributed by atoms with Crippen LogP contribution in [0.4, 0.5) is 0 Å². The van der Waals surface area contributed by atoms with Crippen LogP contribution in [0.2, 0.25) is 0 Å². The topological polar surface area (TPSA) is 59.0 Å². The first-order valence-electron chi connectivity index (χ1n) is 9.12. The van der Waals surface area contributed by atoms with E-state index in [1.54, 1.807) is 0 Å². The van der Waals surface area contributed by atoms with Gasteiger partial charge in [0.2, 0.25) is 5.91 Å². The number of nitrogens with one attached hydrogen (secondary N) is 2. The van der Waals surface area contributed by atoms with Crippen LogP contribution in [0.1, 0.15) is 37.9 Å². The van der Waals surface area contributed by atoms with Gasteiger partial charge < -0.3 is 15.2 Å². The Morgan fingerprint density at radius 1 is 1.27 bits per heavy atom. The van der Waals surface area contributed by atoms with Gasteiger partial charge in [-0.3, -0.25) is 4.79 Å². The number of rotatable bonds is 7. The van der Waals surface area contributed by atoms with Crippen molar-refractivity contribution in [2.45, 2.75) is 38.5 Å². The predicted molar refractivity (Wildman–Crippen MR) is 111 cm³/mol. The van der Waals surface area contributed by atoms with Crippen molar-refractivity contribution < 1.29 is 4.79 Å². The Kier molecular flexibility index (Phi) is 9.99. The van der Waals surface area contributed by atoms with Gasteiger partial charge in [0, 0.05) is 26.4 Å². The molecule has 7 heteroatoms. The number of carbonyl (C=O) groups excluding carboxylic acids is 1. The number of carbonyl (C=O) groups is 1. The van der Waals surface area contributed by atoms with E-state index in [1.165, 1.54) is 18.4 Å².